The number of hydrogen-bond acceptors (Lipinski definition) is 5. The molecule has 2 aromatic carbocycles. The molecule has 0 spiro atoms. The van der Waals surface area contributed by atoms with E-state index in [4.69, 9.17) is 10.00 Å². The van der Waals surface area contributed by atoms with Gasteiger partial charge in [-0.25, -0.2) is 0 Å². The van der Waals surface area contributed by atoms with Crippen molar-refractivity contribution in [2.45, 2.75) is 0 Å². The van der Waals surface area contributed by atoms with Crippen LogP contribution in [0.15, 0.2) is 48.0 Å². The Kier molecular flexibility index (Phi) is 5.17. The number of carbonyl (C=O) groups is 1. The van der Waals surface area contributed by atoms with Gasteiger partial charge in [0.2, 0.25) is 0 Å². The number of ether oxygens (including phenoxy) is 1. The molecule has 0 bridgehead atoms. The Morgan fingerprint density at radius 3 is 2.67 bits per heavy atom. The maximum absolute atomic E-state index is 12.3. The molecule has 0 saturated carbocycles. The van der Waals surface area contributed by atoms with E-state index in [1.807, 2.05) is 6.07 Å². The molecule has 0 aliphatic heterocycles. The maximum atomic E-state index is 12.3. The van der Waals surface area contributed by atoms with E-state index in [-0.39, 0.29) is 22.4 Å². The molecular weight excluding hydrogens is 306 g/mol. The van der Waals surface area contributed by atoms with Crippen LogP contribution in [0.1, 0.15) is 11.1 Å². The number of carbonyl (C=O) groups excluding carboxylic acids is 1. The van der Waals surface area contributed by atoms with Gasteiger partial charge >= 0.3 is 0 Å². The zero-order chi connectivity index (χ0) is 17.5. The lowest BCUT2D eigenvalue weighted by Crippen LogP contribution is -2.14. The fourth-order valence-electron chi connectivity index (χ4n) is 1.96. The van der Waals surface area contributed by atoms with Crippen LogP contribution < -0.4 is 10.1 Å². The number of amides is 1. The number of methoxy groups -OCH3 is 1. The minimum atomic E-state index is -0.678. The van der Waals surface area contributed by atoms with Crippen molar-refractivity contribution in [3.8, 4) is 23.6 Å². The quantitative estimate of drug-likeness (QED) is 0.665. The molecule has 118 valence electrons. The van der Waals surface area contributed by atoms with Crippen LogP contribution >= 0.6 is 0 Å². The summed E-state index contributed by atoms with van der Waals surface area (Å²) in [6, 6.07) is 14.7. The summed E-state index contributed by atoms with van der Waals surface area (Å²) < 4.78 is 5.05. The summed E-state index contributed by atoms with van der Waals surface area (Å²) in [5.41, 5.74) is 0.647. The molecule has 6 nitrogen and oxygen atoms in total. The minimum absolute atomic E-state index is 0.0891. The molecular formula is C18H13N3O3. The number of phenols is 1. The highest BCUT2D eigenvalue weighted by Gasteiger charge is 2.13. The van der Waals surface area contributed by atoms with Crippen molar-refractivity contribution < 1.29 is 14.6 Å². The highest BCUT2D eigenvalue weighted by atomic mass is 16.5. The summed E-state index contributed by atoms with van der Waals surface area (Å²) in [4.78, 5) is 12.3. The molecule has 0 heterocycles. The first-order valence-corrected chi connectivity index (χ1v) is 6.88. The van der Waals surface area contributed by atoms with Gasteiger partial charge < -0.3 is 15.2 Å². The highest BCUT2D eigenvalue weighted by Crippen LogP contribution is 2.25. The van der Waals surface area contributed by atoms with Gasteiger partial charge in [0.1, 0.15) is 29.2 Å². The SMILES string of the molecule is COc1ccc(O)c(/C=C(/C#N)C(=O)Nc2ccccc2C#N)c1. The predicted molar refractivity (Wildman–Crippen MR) is 88.0 cm³/mol. The van der Waals surface area contributed by atoms with Crippen LogP contribution in [0, 0.1) is 22.7 Å². The number of phenolic OH excluding ortho intramolecular Hbond substituents is 1. The lowest BCUT2D eigenvalue weighted by atomic mass is 10.1. The van der Waals surface area contributed by atoms with Crippen LogP contribution in [0.25, 0.3) is 6.08 Å². The van der Waals surface area contributed by atoms with Crippen molar-refractivity contribution >= 4 is 17.7 Å². The molecule has 2 aromatic rings. The zero-order valence-corrected chi connectivity index (χ0v) is 12.8. The first-order chi connectivity index (χ1) is 11.6. The molecule has 2 rings (SSSR count). The van der Waals surface area contributed by atoms with Gasteiger partial charge in [-0.3, -0.25) is 4.79 Å². The van der Waals surface area contributed by atoms with Crippen LogP contribution in [0.5, 0.6) is 11.5 Å². The van der Waals surface area contributed by atoms with Crippen LogP contribution in [-0.2, 0) is 4.79 Å². The average Bonchev–Trinajstić information content (AvgIpc) is 2.61. The summed E-state index contributed by atoms with van der Waals surface area (Å²) >= 11 is 0. The van der Waals surface area contributed by atoms with E-state index in [0.717, 1.165) is 0 Å². The van der Waals surface area contributed by atoms with Crippen molar-refractivity contribution in [2.24, 2.45) is 0 Å². The standard InChI is InChI=1S/C18H13N3O3/c1-24-15-6-7-17(22)13(9-15)8-14(11-20)18(23)21-16-5-3-2-4-12(16)10-19/h2-9,22H,1H3,(H,21,23)/b14-8-. The van der Waals surface area contributed by atoms with Gasteiger partial charge in [0.05, 0.1) is 18.4 Å². The Morgan fingerprint density at radius 2 is 2.00 bits per heavy atom. The lowest BCUT2D eigenvalue weighted by Gasteiger charge is -2.07. The molecule has 0 atom stereocenters. The van der Waals surface area contributed by atoms with E-state index >= 15 is 0 Å². The predicted octanol–water partition coefficient (Wildman–Crippen LogP) is 2.82. The minimum Gasteiger partial charge on any atom is -0.507 e. The van der Waals surface area contributed by atoms with E-state index in [1.165, 1.54) is 25.3 Å². The normalized spacial score (nSPS) is 10.4. The number of aromatic hydroxyl groups is 1. The number of hydrogen-bond donors (Lipinski definition) is 2. The van der Waals surface area contributed by atoms with Crippen LogP contribution in [0.4, 0.5) is 5.69 Å². The third-order valence-corrected chi connectivity index (χ3v) is 3.20. The maximum Gasteiger partial charge on any atom is 0.266 e. The average molecular weight is 319 g/mol. The van der Waals surface area contributed by atoms with E-state index in [2.05, 4.69) is 5.32 Å². The zero-order valence-electron chi connectivity index (χ0n) is 12.8. The van der Waals surface area contributed by atoms with Gasteiger partial charge in [-0.15, -0.1) is 0 Å². The first kappa shape index (κ1) is 16.6. The van der Waals surface area contributed by atoms with E-state index in [9.17, 15) is 15.2 Å². The Bertz CT molecular complexity index is 889. The molecule has 0 fully saturated rings. The third kappa shape index (κ3) is 3.70. The smallest absolute Gasteiger partial charge is 0.266 e. The van der Waals surface area contributed by atoms with Gasteiger partial charge in [0.15, 0.2) is 0 Å². The first-order valence-electron chi connectivity index (χ1n) is 6.88. The number of nitrogens with zero attached hydrogens (tertiary/aromatic N) is 2. The summed E-state index contributed by atoms with van der Waals surface area (Å²) in [6.45, 7) is 0. The summed E-state index contributed by atoms with van der Waals surface area (Å²) in [7, 11) is 1.47. The van der Waals surface area contributed by atoms with Gasteiger partial charge in [-0.2, -0.15) is 10.5 Å². The lowest BCUT2D eigenvalue weighted by molar-refractivity contribution is -0.112. The van der Waals surface area contributed by atoms with Crippen molar-refractivity contribution in [1.29, 1.82) is 10.5 Å². The van der Waals surface area contributed by atoms with Gasteiger partial charge in [-0.1, -0.05) is 12.1 Å². The Labute approximate surface area is 138 Å². The number of benzene rings is 2. The third-order valence-electron chi connectivity index (χ3n) is 3.20. The molecule has 2 N–H and O–H groups in total. The van der Waals surface area contributed by atoms with Gasteiger partial charge in [0.25, 0.3) is 5.91 Å². The topological polar surface area (TPSA) is 106 Å². The van der Waals surface area contributed by atoms with E-state index < -0.39 is 5.91 Å². The van der Waals surface area contributed by atoms with E-state index in [1.54, 1.807) is 36.4 Å². The molecule has 0 aliphatic rings. The summed E-state index contributed by atoms with van der Waals surface area (Å²) in [5, 5.41) is 30.6. The molecule has 1 amide bonds. The fourth-order valence-corrected chi connectivity index (χ4v) is 1.96. The highest BCUT2D eigenvalue weighted by molar-refractivity contribution is 6.10. The molecule has 0 radical (unpaired) electrons. The second kappa shape index (κ2) is 7.48. The number of nitriles is 2. The number of para-hydroxylation sites is 1. The van der Waals surface area contributed by atoms with Crippen molar-refractivity contribution in [1.82, 2.24) is 0 Å². The van der Waals surface area contributed by atoms with Crippen molar-refractivity contribution in [3.63, 3.8) is 0 Å². The number of nitrogens with one attached hydrogen (secondary N) is 1. The van der Waals surface area contributed by atoms with Crippen LogP contribution in [-0.4, -0.2) is 18.1 Å². The second-order valence-corrected chi connectivity index (χ2v) is 4.71. The van der Waals surface area contributed by atoms with Crippen molar-refractivity contribution in [2.75, 3.05) is 12.4 Å². The number of anilines is 1. The molecule has 0 unspecified atom stereocenters. The van der Waals surface area contributed by atoms with E-state index in [0.29, 0.717) is 11.4 Å². The summed E-state index contributed by atoms with van der Waals surface area (Å²) in [6.07, 6.45) is 1.25. The molecule has 0 saturated heterocycles. The van der Waals surface area contributed by atoms with Gasteiger partial charge in [-0.05, 0) is 36.4 Å². The van der Waals surface area contributed by atoms with Gasteiger partial charge in [0, 0.05) is 5.56 Å². The second-order valence-electron chi connectivity index (χ2n) is 4.71. The Balaban J connectivity index is 2.33. The Hall–Kier alpha value is -3.77. The summed E-state index contributed by atoms with van der Waals surface area (Å²) in [5.74, 6) is -0.289. The monoisotopic (exact) mass is 319 g/mol. The largest absolute Gasteiger partial charge is 0.507 e. The molecule has 6 heteroatoms. The fraction of sp³-hybridized carbons (Fsp3) is 0.0556. The van der Waals surface area contributed by atoms with Crippen LogP contribution in [0.3, 0.4) is 0 Å². The van der Waals surface area contributed by atoms with Crippen LogP contribution in [0.2, 0.25) is 0 Å². The molecule has 24 heavy (non-hydrogen) atoms. The molecule has 0 aliphatic carbocycles. The van der Waals surface area contributed by atoms with Crippen molar-refractivity contribution in [3.05, 3.63) is 59.2 Å². The Morgan fingerprint density at radius 1 is 1.25 bits per heavy atom. The molecule has 0 aromatic heterocycles. The number of rotatable bonds is 4.